The molecule has 0 bridgehead atoms. The lowest BCUT2D eigenvalue weighted by molar-refractivity contribution is -0.00539. The topological polar surface area (TPSA) is 72.1 Å². The van der Waals surface area contributed by atoms with Crippen LogP contribution in [0.4, 0.5) is 20.6 Å². The van der Waals surface area contributed by atoms with Crippen molar-refractivity contribution in [3.05, 3.63) is 47.8 Å². The van der Waals surface area contributed by atoms with Gasteiger partial charge < -0.3 is 29.7 Å². The first-order valence-corrected chi connectivity index (χ1v) is 10.4. The second kappa shape index (κ2) is 8.26. The van der Waals surface area contributed by atoms with Gasteiger partial charge in [-0.3, -0.25) is 0 Å². The van der Waals surface area contributed by atoms with E-state index in [-0.39, 0.29) is 24.8 Å². The molecular formula is C23H28FN3O4. The van der Waals surface area contributed by atoms with Crippen molar-refractivity contribution in [2.24, 2.45) is 0 Å². The Bertz CT molecular complexity index is 971. The summed E-state index contributed by atoms with van der Waals surface area (Å²) in [6, 6.07) is 9.86. The molecule has 0 saturated carbocycles. The van der Waals surface area contributed by atoms with Crippen LogP contribution in [0.5, 0.6) is 11.5 Å². The number of fused-ring (bicyclic) bond motifs is 1. The Morgan fingerprint density at radius 3 is 2.48 bits per heavy atom. The van der Waals surface area contributed by atoms with Gasteiger partial charge in [0, 0.05) is 18.8 Å². The van der Waals surface area contributed by atoms with E-state index in [9.17, 15) is 9.18 Å². The van der Waals surface area contributed by atoms with Crippen molar-refractivity contribution in [2.75, 3.05) is 30.1 Å². The van der Waals surface area contributed by atoms with E-state index in [0.717, 1.165) is 5.56 Å². The van der Waals surface area contributed by atoms with Gasteiger partial charge in [-0.25, -0.2) is 9.18 Å². The fourth-order valence-corrected chi connectivity index (χ4v) is 4.02. The number of urea groups is 1. The van der Waals surface area contributed by atoms with E-state index in [1.54, 1.807) is 12.1 Å². The highest BCUT2D eigenvalue weighted by Gasteiger charge is 2.27. The molecule has 8 heteroatoms. The molecule has 0 spiro atoms. The summed E-state index contributed by atoms with van der Waals surface area (Å²) >= 11 is 0. The van der Waals surface area contributed by atoms with Crippen LogP contribution in [-0.4, -0.2) is 38.1 Å². The number of halogens is 1. The molecule has 0 radical (unpaired) electrons. The highest BCUT2D eigenvalue weighted by Crippen LogP contribution is 2.35. The zero-order valence-electron chi connectivity index (χ0n) is 18.2. The molecule has 4 rings (SSSR count). The lowest BCUT2D eigenvalue weighted by Gasteiger charge is -2.37. The summed E-state index contributed by atoms with van der Waals surface area (Å²) in [4.78, 5) is 14.6. The van der Waals surface area contributed by atoms with Gasteiger partial charge in [0.1, 0.15) is 5.82 Å². The largest absolute Gasteiger partial charge is 0.454 e. The van der Waals surface area contributed by atoms with Gasteiger partial charge in [-0.15, -0.1) is 0 Å². The lowest BCUT2D eigenvalue weighted by atomic mass is 9.94. The molecule has 2 atom stereocenters. The van der Waals surface area contributed by atoms with E-state index in [1.807, 2.05) is 50.8 Å². The highest BCUT2D eigenvalue weighted by molar-refractivity contribution is 5.90. The van der Waals surface area contributed by atoms with Crippen molar-refractivity contribution in [3.63, 3.8) is 0 Å². The highest BCUT2D eigenvalue weighted by atomic mass is 19.1. The molecule has 7 nitrogen and oxygen atoms in total. The summed E-state index contributed by atoms with van der Waals surface area (Å²) < 4.78 is 31.3. The minimum absolute atomic E-state index is 0.0325. The molecule has 2 amide bonds. The predicted molar refractivity (Wildman–Crippen MR) is 116 cm³/mol. The molecule has 2 aromatic carbocycles. The molecule has 2 aliphatic heterocycles. The van der Waals surface area contributed by atoms with Gasteiger partial charge in [0.15, 0.2) is 11.5 Å². The van der Waals surface area contributed by atoms with E-state index in [2.05, 4.69) is 10.6 Å². The summed E-state index contributed by atoms with van der Waals surface area (Å²) in [5.41, 5.74) is 1.08. The van der Waals surface area contributed by atoms with Crippen LogP contribution in [0.3, 0.4) is 0 Å². The Kier molecular flexibility index (Phi) is 5.66. The van der Waals surface area contributed by atoms with Crippen molar-refractivity contribution in [1.82, 2.24) is 5.32 Å². The molecule has 2 unspecified atom stereocenters. The maximum atomic E-state index is 14.8. The minimum Gasteiger partial charge on any atom is -0.454 e. The standard InChI is InChI=1S/C23H28FN3O4/c1-14-11-27(12-15(2)31-14)19-7-6-17(10-18(19)24)25-22(28)26-23(3,4)16-5-8-20-21(9-16)30-13-29-20/h5-10,14-15H,11-13H2,1-4H3,(H2,25,26,28). The number of hydrogen-bond acceptors (Lipinski definition) is 5. The number of benzene rings is 2. The van der Waals surface area contributed by atoms with E-state index >= 15 is 0 Å². The van der Waals surface area contributed by atoms with Crippen molar-refractivity contribution >= 4 is 17.4 Å². The molecule has 1 saturated heterocycles. The zero-order valence-corrected chi connectivity index (χ0v) is 18.2. The molecule has 2 N–H and O–H groups in total. The second-order valence-electron chi connectivity index (χ2n) is 8.60. The number of anilines is 2. The molecule has 166 valence electrons. The van der Waals surface area contributed by atoms with Crippen LogP contribution in [0.2, 0.25) is 0 Å². The monoisotopic (exact) mass is 429 g/mol. The van der Waals surface area contributed by atoms with Gasteiger partial charge in [-0.2, -0.15) is 0 Å². The normalized spacial score (nSPS) is 20.5. The van der Waals surface area contributed by atoms with Crippen LogP contribution in [0.15, 0.2) is 36.4 Å². The number of amides is 2. The Hall–Kier alpha value is -3.00. The quantitative estimate of drug-likeness (QED) is 0.761. The Labute approximate surface area is 181 Å². The third-order valence-electron chi connectivity index (χ3n) is 5.49. The molecule has 1 fully saturated rings. The second-order valence-corrected chi connectivity index (χ2v) is 8.60. The number of morpholine rings is 1. The number of nitrogens with zero attached hydrogens (tertiary/aromatic N) is 1. The summed E-state index contributed by atoms with van der Waals surface area (Å²) in [6.45, 7) is 9.15. The van der Waals surface area contributed by atoms with Gasteiger partial charge in [0.05, 0.1) is 23.4 Å². The number of carbonyl (C=O) groups is 1. The zero-order chi connectivity index (χ0) is 22.2. The van der Waals surface area contributed by atoms with E-state index in [1.165, 1.54) is 6.07 Å². The molecule has 2 heterocycles. The first kappa shape index (κ1) is 21.2. The first-order chi connectivity index (χ1) is 14.7. The van der Waals surface area contributed by atoms with Gasteiger partial charge in [0.25, 0.3) is 0 Å². The van der Waals surface area contributed by atoms with Crippen LogP contribution in [0.1, 0.15) is 33.3 Å². The maximum Gasteiger partial charge on any atom is 0.319 e. The van der Waals surface area contributed by atoms with Crippen LogP contribution < -0.4 is 25.0 Å². The van der Waals surface area contributed by atoms with Gasteiger partial charge in [0.2, 0.25) is 6.79 Å². The third kappa shape index (κ3) is 4.69. The molecular weight excluding hydrogens is 401 g/mol. The number of ether oxygens (including phenoxy) is 3. The Balaban J connectivity index is 1.42. The summed E-state index contributed by atoms with van der Waals surface area (Å²) in [7, 11) is 0. The van der Waals surface area contributed by atoms with Gasteiger partial charge in [-0.05, 0) is 63.6 Å². The van der Waals surface area contributed by atoms with Crippen molar-refractivity contribution in [3.8, 4) is 11.5 Å². The maximum absolute atomic E-state index is 14.8. The van der Waals surface area contributed by atoms with Crippen LogP contribution in [-0.2, 0) is 10.3 Å². The Morgan fingerprint density at radius 2 is 1.77 bits per heavy atom. The lowest BCUT2D eigenvalue weighted by Crippen LogP contribution is -2.45. The van der Waals surface area contributed by atoms with E-state index in [4.69, 9.17) is 14.2 Å². The SMILES string of the molecule is CC1CN(c2ccc(NC(=O)NC(C)(C)c3ccc4c(c3)OCO4)cc2F)CC(C)O1. The van der Waals surface area contributed by atoms with E-state index < -0.39 is 11.6 Å². The fraction of sp³-hybridized carbons (Fsp3) is 0.435. The third-order valence-corrected chi connectivity index (χ3v) is 5.49. The molecule has 31 heavy (non-hydrogen) atoms. The number of nitrogens with one attached hydrogen (secondary N) is 2. The van der Waals surface area contributed by atoms with Crippen molar-refractivity contribution in [2.45, 2.75) is 45.4 Å². The van der Waals surface area contributed by atoms with E-state index in [0.29, 0.717) is 36.0 Å². The number of rotatable bonds is 4. The van der Waals surface area contributed by atoms with Crippen molar-refractivity contribution in [1.29, 1.82) is 0 Å². The Morgan fingerprint density at radius 1 is 1.06 bits per heavy atom. The molecule has 2 aromatic rings. The van der Waals surface area contributed by atoms with Crippen LogP contribution in [0.25, 0.3) is 0 Å². The van der Waals surface area contributed by atoms with Crippen molar-refractivity contribution < 1.29 is 23.4 Å². The summed E-state index contributed by atoms with van der Waals surface area (Å²) in [6.07, 6.45) is 0.0651. The molecule has 0 aromatic heterocycles. The smallest absolute Gasteiger partial charge is 0.319 e. The molecule has 0 aliphatic carbocycles. The fourth-order valence-electron chi connectivity index (χ4n) is 4.02. The minimum atomic E-state index is -0.677. The first-order valence-electron chi connectivity index (χ1n) is 10.4. The predicted octanol–water partition coefficient (Wildman–Crippen LogP) is 4.22. The molecule has 2 aliphatic rings. The summed E-state index contributed by atoms with van der Waals surface area (Å²) in [5.74, 6) is 0.954. The average Bonchev–Trinajstić information content (AvgIpc) is 3.14. The van der Waals surface area contributed by atoms with Crippen LogP contribution >= 0.6 is 0 Å². The number of hydrogen-bond donors (Lipinski definition) is 2. The van der Waals surface area contributed by atoms with Gasteiger partial charge >= 0.3 is 6.03 Å². The van der Waals surface area contributed by atoms with Gasteiger partial charge in [-0.1, -0.05) is 6.07 Å². The summed E-state index contributed by atoms with van der Waals surface area (Å²) in [5, 5.41) is 5.64. The number of carbonyl (C=O) groups excluding carboxylic acids is 1. The van der Waals surface area contributed by atoms with Crippen LogP contribution in [0, 0.1) is 5.82 Å². The average molecular weight is 429 g/mol.